The first-order valence-corrected chi connectivity index (χ1v) is 43.7. The summed E-state index contributed by atoms with van der Waals surface area (Å²) in [5.74, 6) is 0.920. The van der Waals surface area contributed by atoms with Gasteiger partial charge in [-0.1, -0.05) is 351 Å². The van der Waals surface area contributed by atoms with Crippen LogP contribution in [0.4, 0.5) is 0 Å². The van der Waals surface area contributed by atoms with Crippen molar-refractivity contribution in [1.82, 2.24) is 0 Å². The van der Waals surface area contributed by atoms with Crippen LogP contribution < -0.4 is 0 Å². The molecule has 0 radical (unpaired) electrons. The lowest BCUT2D eigenvalue weighted by Gasteiger charge is -2.21. The first kappa shape index (κ1) is 96.1. The Morgan fingerprint density at radius 3 is 0.633 bits per heavy atom. The average Bonchev–Trinajstić information content (AvgIpc) is 1.000. The number of aliphatic hydroxyl groups excluding tert-OH is 1. The van der Waals surface area contributed by atoms with Gasteiger partial charge in [0.1, 0.15) is 19.3 Å². The van der Waals surface area contributed by atoms with E-state index in [1.165, 1.54) is 199 Å². The molecule has 0 saturated carbocycles. The molecule has 0 aliphatic heterocycles. The van der Waals surface area contributed by atoms with Crippen LogP contribution in [-0.2, 0) is 65.4 Å². The smallest absolute Gasteiger partial charge is 0.462 e. The standard InChI is InChI=1S/C79H154O17P2/c1-69(2)55-47-39-31-25-19-15-11-9-10-12-17-21-28-34-43-51-59-76(81)89-65-74(95-78(83)61-53-45-35-29-22-18-14-13-16-20-26-32-40-48-56-70(3)4)67-93-97(85,86)91-63-73(80)64-92-98(87,88)94-68-75(66-90-77(82)60-52-44-38-37-42-50-58-72(7)8)96-79(84)62-54-46-36-30-24-23-27-33-41-49-57-71(5)6/h69-75,80H,9-68H2,1-8H3,(H,85,86)(H,87,88)/t73-,74-,75-/m1/s1. The van der Waals surface area contributed by atoms with E-state index < -0.39 is 97.5 Å². The zero-order valence-electron chi connectivity index (χ0n) is 64.4. The minimum Gasteiger partial charge on any atom is -0.462 e. The normalized spacial score (nSPS) is 14.1. The second-order valence-corrected chi connectivity index (χ2v) is 33.3. The van der Waals surface area contributed by atoms with Crippen molar-refractivity contribution in [3.8, 4) is 0 Å². The van der Waals surface area contributed by atoms with Crippen molar-refractivity contribution in [2.75, 3.05) is 39.6 Å². The van der Waals surface area contributed by atoms with Crippen molar-refractivity contribution in [1.29, 1.82) is 0 Å². The number of ether oxygens (including phenoxy) is 4. The summed E-state index contributed by atoms with van der Waals surface area (Å²) >= 11 is 0. The van der Waals surface area contributed by atoms with E-state index in [0.29, 0.717) is 31.6 Å². The molecular formula is C79H154O17P2. The van der Waals surface area contributed by atoms with Gasteiger partial charge in [0.15, 0.2) is 12.2 Å². The number of carbonyl (C=O) groups is 4. The maximum atomic E-state index is 13.1. The van der Waals surface area contributed by atoms with E-state index in [1.54, 1.807) is 0 Å². The number of phosphoric acid groups is 2. The highest BCUT2D eigenvalue weighted by atomic mass is 31.2. The monoisotopic (exact) mass is 1440 g/mol. The third-order valence-electron chi connectivity index (χ3n) is 18.3. The van der Waals surface area contributed by atoms with E-state index in [-0.39, 0.29) is 25.7 Å². The average molecular weight is 1440 g/mol. The molecule has 0 fully saturated rings. The summed E-state index contributed by atoms with van der Waals surface area (Å²) < 4.78 is 68.6. The molecule has 0 aliphatic carbocycles. The maximum Gasteiger partial charge on any atom is 0.472 e. The summed E-state index contributed by atoms with van der Waals surface area (Å²) in [4.78, 5) is 72.9. The van der Waals surface area contributed by atoms with Crippen molar-refractivity contribution in [2.24, 2.45) is 23.7 Å². The molecule has 3 N–H and O–H groups in total. The molecule has 19 heteroatoms. The first-order valence-electron chi connectivity index (χ1n) is 40.7. The number of phosphoric ester groups is 2. The minimum absolute atomic E-state index is 0.105. The first-order chi connectivity index (χ1) is 47.1. The van der Waals surface area contributed by atoms with Crippen molar-refractivity contribution < 1.29 is 80.2 Å². The second-order valence-electron chi connectivity index (χ2n) is 30.4. The molecular weight excluding hydrogens is 1280 g/mol. The number of rotatable bonds is 76. The van der Waals surface area contributed by atoms with Crippen LogP contribution in [0.15, 0.2) is 0 Å². The summed E-state index contributed by atoms with van der Waals surface area (Å²) in [7, 11) is -9.92. The van der Waals surface area contributed by atoms with Gasteiger partial charge in [-0.15, -0.1) is 0 Å². The van der Waals surface area contributed by atoms with Crippen LogP contribution in [0.25, 0.3) is 0 Å². The molecule has 0 bridgehead atoms. The van der Waals surface area contributed by atoms with Gasteiger partial charge >= 0.3 is 39.5 Å². The Morgan fingerprint density at radius 2 is 0.429 bits per heavy atom. The van der Waals surface area contributed by atoms with E-state index in [0.717, 1.165) is 114 Å². The zero-order chi connectivity index (χ0) is 72.4. The van der Waals surface area contributed by atoms with Crippen LogP contribution in [0.2, 0.25) is 0 Å². The van der Waals surface area contributed by atoms with Gasteiger partial charge in [-0.2, -0.15) is 0 Å². The van der Waals surface area contributed by atoms with E-state index in [1.807, 2.05) is 0 Å². The number of unbranched alkanes of at least 4 members (excludes halogenated alkanes) is 42. The van der Waals surface area contributed by atoms with Crippen LogP contribution in [0.5, 0.6) is 0 Å². The topological polar surface area (TPSA) is 237 Å². The van der Waals surface area contributed by atoms with Crippen LogP contribution in [0.1, 0.15) is 402 Å². The number of hydrogen-bond acceptors (Lipinski definition) is 15. The molecule has 0 rings (SSSR count). The fourth-order valence-corrected chi connectivity index (χ4v) is 13.7. The van der Waals surface area contributed by atoms with Gasteiger partial charge < -0.3 is 33.8 Å². The predicted molar refractivity (Wildman–Crippen MR) is 400 cm³/mol. The van der Waals surface area contributed by atoms with E-state index in [2.05, 4.69) is 55.4 Å². The maximum absolute atomic E-state index is 13.1. The Hall–Kier alpha value is -1.94. The van der Waals surface area contributed by atoms with Gasteiger partial charge in [0.05, 0.1) is 26.4 Å². The summed E-state index contributed by atoms with van der Waals surface area (Å²) in [5.41, 5.74) is 0. The van der Waals surface area contributed by atoms with Crippen LogP contribution in [0, 0.1) is 23.7 Å². The Bertz CT molecular complexity index is 1920. The number of hydrogen-bond donors (Lipinski definition) is 3. The Morgan fingerprint density at radius 1 is 0.255 bits per heavy atom. The molecule has 0 aliphatic rings. The highest BCUT2D eigenvalue weighted by Gasteiger charge is 2.30. The third-order valence-corrected chi connectivity index (χ3v) is 20.2. The highest BCUT2D eigenvalue weighted by Crippen LogP contribution is 2.45. The van der Waals surface area contributed by atoms with Crippen molar-refractivity contribution in [3.63, 3.8) is 0 Å². The fourth-order valence-electron chi connectivity index (χ4n) is 12.1. The van der Waals surface area contributed by atoms with E-state index >= 15 is 0 Å². The summed E-state index contributed by atoms with van der Waals surface area (Å²) in [6, 6.07) is 0. The third kappa shape index (κ3) is 72.4. The van der Waals surface area contributed by atoms with Crippen LogP contribution in [-0.4, -0.2) is 96.7 Å². The van der Waals surface area contributed by atoms with Gasteiger partial charge in [0.25, 0.3) is 0 Å². The molecule has 0 aromatic carbocycles. The summed E-state index contributed by atoms with van der Waals surface area (Å²) in [6.07, 6.45) is 54.3. The van der Waals surface area contributed by atoms with Crippen LogP contribution in [0.3, 0.4) is 0 Å². The van der Waals surface area contributed by atoms with Gasteiger partial charge in [0.2, 0.25) is 0 Å². The molecule has 0 amide bonds. The fraction of sp³-hybridized carbons (Fsp3) is 0.949. The van der Waals surface area contributed by atoms with Gasteiger partial charge in [-0.3, -0.25) is 37.3 Å². The summed E-state index contributed by atoms with van der Waals surface area (Å²) in [6.45, 7) is 14.2. The van der Waals surface area contributed by atoms with Gasteiger partial charge in [0, 0.05) is 25.7 Å². The van der Waals surface area contributed by atoms with Crippen molar-refractivity contribution in [3.05, 3.63) is 0 Å². The Kier molecular flexibility index (Phi) is 66.8. The molecule has 0 aromatic heterocycles. The molecule has 0 spiro atoms. The molecule has 17 nitrogen and oxygen atoms in total. The lowest BCUT2D eigenvalue weighted by atomic mass is 10.0. The lowest BCUT2D eigenvalue weighted by molar-refractivity contribution is -0.161. The van der Waals surface area contributed by atoms with Crippen molar-refractivity contribution >= 4 is 39.5 Å². The summed E-state index contributed by atoms with van der Waals surface area (Å²) in [5, 5.41) is 10.6. The zero-order valence-corrected chi connectivity index (χ0v) is 66.2. The number of carbonyl (C=O) groups excluding carboxylic acids is 4. The molecule has 582 valence electrons. The molecule has 0 aromatic rings. The molecule has 98 heavy (non-hydrogen) atoms. The SMILES string of the molecule is CC(C)CCCCCCCCCCCCCCCCCCC(=O)OC[C@H](COP(=O)(O)OC[C@@H](O)COP(=O)(O)OC[C@@H](COC(=O)CCCCCCCCC(C)C)OC(=O)CCCCCCCCCCCCC(C)C)OC(=O)CCCCCCCCCCCCCCCCC(C)C. The van der Waals surface area contributed by atoms with Gasteiger partial charge in [-0.05, 0) is 49.4 Å². The second kappa shape index (κ2) is 68.2. The van der Waals surface area contributed by atoms with E-state index in [9.17, 15) is 43.2 Å². The predicted octanol–water partition coefficient (Wildman–Crippen LogP) is 23.2. The largest absolute Gasteiger partial charge is 0.472 e. The molecule has 0 saturated heterocycles. The minimum atomic E-state index is -4.96. The van der Waals surface area contributed by atoms with Gasteiger partial charge in [-0.25, -0.2) is 9.13 Å². The lowest BCUT2D eigenvalue weighted by Crippen LogP contribution is -2.30. The Balaban J connectivity index is 5.22. The van der Waals surface area contributed by atoms with Crippen molar-refractivity contribution in [2.45, 2.75) is 420 Å². The number of esters is 4. The number of aliphatic hydroxyl groups is 1. The van der Waals surface area contributed by atoms with Crippen LogP contribution >= 0.6 is 15.6 Å². The molecule has 2 unspecified atom stereocenters. The highest BCUT2D eigenvalue weighted by molar-refractivity contribution is 7.47. The molecule has 0 heterocycles. The Labute approximate surface area is 600 Å². The molecule has 5 atom stereocenters. The van der Waals surface area contributed by atoms with E-state index in [4.69, 9.17) is 37.0 Å². The quantitative estimate of drug-likeness (QED) is 0.0222.